The summed E-state index contributed by atoms with van der Waals surface area (Å²) in [6, 6.07) is 0. The molecule has 0 aromatic carbocycles. The van der Waals surface area contributed by atoms with Gasteiger partial charge in [0.1, 0.15) is 19.3 Å². The lowest BCUT2D eigenvalue weighted by Gasteiger charge is -2.21. The largest absolute Gasteiger partial charge is 0.472 e. The third-order valence-corrected chi connectivity index (χ3v) is 16.0. The van der Waals surface area contributed by atoms with Crippen molar-refractivity contribution in [1.29, 1.82) is 0 Å². The number of hydrogen-bond acceptors (Lipinski definition) is 15. The molecule has 462 valence electrons. The smallest absolute Gasteiger partial charge is 0.462 e. The average Bonchev–Trinajstić information content (AvgIpc) is 3.40. The van der Waals surface area contributed by atoms with Gasteiger partial charge in [0.05, 0.1) is 26.4 Å². The number of rotatable bonds is 57. The van der Waals surface area contributed by atoms with E-state index in [0.717, 1.165) is 108 Å². The van der Waals surface area contributed by atoms with Crippen LogP contribution in [0.25, 0.3) is 0 Å². The monoisotopic (exact) mass is 1160 g/mol. The first-order chi connectivity index (χ1) is 37.3. The van der Waals surface area contributed by atoms with Crippen molar-refractivity contribution in [2.24, 2.45) is 17.8 Å². The number of unbranched alkanes of at least 4 members (excludes halogenated alkanes) is 23. The molecule has 0 aliphatic rings. The summed E-state index contributed by atoms with van der Waals surface area (Å²) >= 11 is 0. The van der Waals surface area contributed by atoms with Crippen molar-refractivity contribution in [1.82, 2.24) is 0 Å². The fourth-order valence-electron chi connectivity index (χ4n) is 8.53. The molecule has 7 atom stereocenters. The summed E-state index contributed by atoms with van der Waals surface area (Å²) in [7, 11) is -9.88. The normalized spacial score (nSPS) is 15.2. The van der Waals surface area contributed by atoms with Gasteiger partial charge in [0.25, 0.3) is 0 Å². The van der Waals surface area contributed by atoms with Crippen LogP contribution in [0.3, 0.4) is 0 Å². The van der Waals surface area contributed by atoms with Crippen LogP contribution in [0.1, 0.15) is 280 Å². The van der Waals surface area contributed by atoms with E-state index >= 15 is 0 Å². The molecular formula is C59H114O17P2. The van der Waals surface area contributed by atoms with Gasteiger partial charge >= 0.3 is 39.5 Å². The Morgan fingerprint density at radius 3 is 0.974 bits per heavy atom. The maximum absolute atomic E-state index is 12.9. The van der Waals surface area contributed by atoms with Gasteiger partial charge in [0.15, 0.2) is 12.2 Å². The van der Waals surface area contributed by atoms with Gasteiger partial charge in [-0.1, -0.05) is 228 Å². The number of hydrogen-bond donors (Lipinski definition) is 3. The molecule has 3 N–H and O–H groups in total. The van der Waals surface area contributed by atoms with Gasteiger partial charge in [-0.3, -0.25) is 37.3 Å². The number of phosphoric acid groups is 2. The van der Waals surface area contributed by atoms with Gasteiger partial charge in [-0.2, -0.15) is 0 Å². The summed E-state index contributed by atoms with van der Waals surface area (Å²) < 4.78 is 67.7. The maximum atomic E-state index is 12.9. The van der Waals surface area contributed by atoms with Crippen molar-refractivity contribution in [3.05, 3.63) is 0 Å². The quantitative estimate of drug-likeness (QED) is 0.0222. The van der Waals surface area contributed by atoms with Gasteiger partial charge < -0.3 is 33.8 Å². The van der Waals surface area contributed by atoms with Crippen molar-refractivity contribution in [3.8, 4) is 0 Å². The zero-order valence-corrected chi connectivity index (χ0v) is 51.9. The molecule has 0 aromatic rings. The third kappa shape index (κ3) is 51.0. The van der Waals surface area contributed by atoms with Crippen LogP contribution < -0.4 is 0 Å². The van der Waals surface area contributed by atoms with Crippen LogP contribution in [-0.2, 0) is 65.4 Å². The van der Waals surface area contributed by atoms with E-state index < -0.39 is 97.5 Å². The highest BCUT2D eigenvalue weighted by Crippen LogP contribution is 2.45. The van der Waals surface area contributed by atoms with E-state index in [1.807, 2.05) is 0 Å². The standard InChI is InChI=1S/C59H114O17P2/c1-8-11-12-13-14-15-16-26-33-40-56(61)69-46-54(75-58(63)42-35-28-20-17-23-30-37-50(4)5)48-73-77(65,66)71-44-53(60)45-72-78(67,68)74-49-55(76-59(64)43-36-29-22-19-25-32-39-52(7)10-3)47-70-57(62)41-34-27-21-18-24-31-38-51(6)9-2/h50-55,60H,8-49H2,1-7H3,(H,65,66)(H,67,68)/t51?,52?,53-,54+,55+/m0/s1. The Morgan fingerprint density at radius 2 is 0.654 bits per heavy atom. The summed E-state index contributed by atoms with van der Waals surface area (Å²) in [5.41, 5.74) is 0. The molecule has 19 heteroatoms. The van der Waals surface area contributed by atoms with E-state index in [9.17, 15) is 43.2 Å². The Kier molecular flexibility index (Phi) is 49.5. The van der Waals surface area contributed by atoms with E-state index in [4.69, 9.17) is 37.0 Å². The number of aliphatic hydroxyl groups excluding tert-OH is 1. The highest BCUT2D eigenvalue weighted by Gasteiger charge is 2.30. The Hall–Kier alpha value is -1.94. The van der Waals surface area contributed by atoms with Crippen molar-refractivity contribution < 1.29 is 80.2 Å². The molecule has 0 bridgehead atoms. The predicted octanol–water partition coefficient (Wildman–Crippen LogP) is 15.6. The lowest BCUT2D eigenvalue weighted by molar-refractivity contribution is -0.161. The fraction of sp³-hybridized carbons (Fsp3) is 0.932. The lowest BCUT2D eigenvalue weighted by atomic mass is 10.00. The number of carbonyl (C=O) groups is 4. The lowest BCUT2D eigenvalue weighted by Crippen LogP contribution is -2.30. The Labute approximate surface area is 473 Å². The molecule has 0 amide bonds. The summed E-state index contributed by atoms with van der Waals surface area (Å²) in [6.07, 6.45) is 29.6. The molecule has 0 aliphatic heterocycles. The molecular weight excluding hydrogens is 1040 g/mol. The maximum Gasteiger partial charge on any atom is 0.472 e. The van der Waals surface area contributed by atoms with Crippen molar-refractivity contribution in [2.75, 3.05) is 39.6 Å². The SMILES string of the molecule is CCCCCCCCCCCC(=O)OC[C@H](COP(=O)(O)OC[C@H](O)COP(=O)(O)OC[C@@H](COC(=O)CCCCCCCCC(C)CC)OC(=O)CCCCCCCCC(C)CC)OC(=O)CCCCCCCCC(C)C. The van der Waals surface area contributed by atoms with E-state index in [2.05, 4.69) is 48.5 Å². The molecule has 0 aliphatic carbocycles. The minimum atomic E-state index is -4.94. The first-order valence-electron chi connectivity index (χ1n) is 30.9. The van der Waals surface area contributed by atoms with Crippen LogP contribution in [0.15, 0.2) is 0 Å². The fourth-order valence-corrected chi connectivity index (χ4v) is 10.1. The van der Waals surface area contributed by atoms with Gasteiger partial charge in [0.2, 0.25) is 0 Å². The van der Waals surface area contributed by atoms with E-state index in [0.29, 0.717) is 31.6 Å². The topological polar surface area (TPSA) is 237 Å². The van der Waals surface area contributed by atoms with Crippen LogP contribution in [-0.4, -0.2) is 96.7 Å². The summed E-state index contributed by atoms with van der Waals surface area (Å²) in [5, 5.41) is 10.5. The molecule has 78 heavy (non-hydrogen) atoms. The molecule has 0 heterocycles. The zero-order valence-electron chi connectivity index (χ0n) is 50.1. The Bertz CT molecular complexity index is 1570. The molecule has 0 aromatic heterocycles. The van der Waals surface area contributed by atoms with Gasteiger partial charge in [-0.05, 0) is 43.4 Å². The molecule has 17 nitrogen and oxygen atoms in total. The zero-order chi connectivity index (χ0) is 58.1. The number of aliphatic hydroxyl groups is 1. The molecule has 0 saturated carbocycles. The van der Waals surface area contributed by atoms with Crippen LogP contribution in [0.2, 0.25) is 0 Å². The van der Waals surface area contributed by atoms with Gasteiger partial charge in [0, 0.05) is 25.7 Å². The molecule has 4 unspecified atom stereocenters. The van der Waals surface area contributed by atoms with Crippen LogP contribution in [0.4, 0.5) is 0 Å². The summed E-state index contributed by atoms with van der Waals surface area (Å²) in [6.45, 7) is 11.5. The summed E-state index contributed by atoms with van der Waals surface area (Å²) in [5.74, 6) is -0.0309. The average molecular weight is 1160 g/mol. The van der Waals surface area contributed by atoms with Crippen molar-refractivity contribution >= 4 is 39.5 Å². The molecule has 0 fully saturated rings. The number of carbonyl (C=O) groups excluding carboxylic acids is 4. The second-order valence-corrected chi connectivity index (χ2v) is 25.2. The number of esters is 4. The van der Waals surface area contributed by atoms with Gasteiger partial charge in [-0.25, -0.2) is 9.13 Å². The van der Waals surface area contributed by atoms with Crippen molar-refractivity contribution in [2.45, 2.75) is 298 Å². The Balaban J connectivity index is 5.25. The minimum absolute atomic E-state index is 0.101. The van der Waals surface area contributed by atoms with Gasteiger partial charge in [-0.15, -0.1) is 0 Å². The van der Waals surface area contributed by atoms with Crippen LogP contribution in [0, 0.1) is 17.8 Å². The minimum Gasteiger partial charge on any atom is -0.462 e. The molecule has 0 saturated heterocycles. The first-order valence-corrected chi connectivity index (χ1v) is 33.9. The number of phosphoric ester groups is 2. The molecule has 0 rings (SSSR count). The van der Waals surface area contributed by atoms with Crippen molar-refractivity contribution in [3.63, 3.8) is 0 Å². The molecule has 0 radical (unpaired) electrons. The number of ether oxygens (including phenoxy) is 4. The first kappa shape index (κ1) is 76.1. The molecule has 0 spiro atoms. The van der Waals surface area contributed by atoms with Crippen LogP contribution in [0.5, 0.6) is 0 Å². The van der Waals surface area contributed by atoms with Crippen LogP contribution >= 0.6 is 15.6 Å². The van der Waals surface area contributed by atoms with E-state index in [-0.39, 0.29) is 25.7 Å². The predicted molar refractivity (Wildman–Crippen MR) is 308 cm³/mol. The third-order valence-electron chi connectivity index (χ3n) is 14.1. The Morgan fingerprint density at radius 1 is 0.372 bits per heavy atom. The second kappa shape index (κ2) is 50.8. The highest BCUT2D eigenvalue weighted by molar-refractivity contribution is 7.47. The highest BCUT2D eigenvalue weighted by atomic mass is 31.2. The van der Waals surface area contributed by atoms with E-state index in [1.54, 1.807) is 0 Å². The summed E-state index contributed by atoms with van der Waals surface area (Å²) in [4.78, 5) is 71.9. The van der Waals surface area contributed by atoms with E-state index in [1.165, 1.54) is 83.5 Å². The second-order valence-electron chi connectivity index (χ2n) is 22.3.